The molecule has 0 bridgehead atoms. The minimum absolute atomic E-state index is 0.461. The van der Waals surface area contributed by atoms with E-state index in [1.807, 2.05) is 60.7 Å². The first kappa shape index (κ1) is 12.1. The normalized spacial score (nSPS) is 11.4. The van der Waals surface area contributed by atoms with Crippen molar-refractivity contribution in [2.45, 2.75) is 12.3 Å². The number of hydrogen-bond acceptors (Lipinski definition) is 1. The fourth-order valence-electron chi connectivity index (χ4n) is 1.84. The van der Waals surface area contributed by atoms with E-state index in [0.717, 1.165) is 11.1 Å². The van der Waals surface area contributed by atoms with Gasteiger partial charge in [0.05, 0.1) is 0 Å². The van der Waals surface area contributed by atoms with E-state index in [0.29, 0.717) is 12.3 Å². The first-order chi connectivity index (χ1) is 8.16. The van der Waals surface area contributed by atoms with Crippen LogP contribution in [0.5, 0.6) is 0 Å². The lowest BCUT2D eigenvalue weighted by Crippen LogP contribution is -2.01. The van der Waals surface area contributed by atoms with Gasteiger partial charge in [-0.05, 0) is 11.1 Å². The van der Waals surface area contributed by atoms with Crippen LogP contribution in [-0.4, -0.2) is 0 Å². The van der Waals surface area contributed by atoms with Crippen LogP contribution >= 0.6 is 7.29 Å². The Morgan fingerprint density at radius 1 is 0.765 bits per heavy atom. The highest BCUT2D eigenvalue weighted by molar-refractivity contribution is 7.59. The van der Waals surface area contributed by atoms with Gasteiger partial charge in [0.2, 0.25) is 0 Å². The maximum atomic E-state index is 12.3. The van der Waals surface area contributed by atoms with Gasteiger partial charge in [-0.3, -0.25) is 5.50 Å². The van der Waals surface area contributed by atoms with Crippen LogP contribution in [0.4, 0.5) is 0 Å². The van der Waals surface area contributed by atoms with Gasteiger partial charge in [0.15, 0.2) is 7.29 Å². The van der Waals surface area contributed by atoms with Gasteiger partial charge in [-0.1, -0.05) is 60.7 Å². The third-order valence-corrected chi connectivity index (χ3v) is 4.39. The van der Waals surface area contributed by atoms with Crippen molar-refractivity contribution in [3.63, 3.8) is 0 Å². The van der Waals surface area contributed by atoms with Crippen LogP contribution < -0.4 is 5.50 Å². The SMILES string of the molecule is NP(=O)(Cc1ccccc1)Cc1ccccc1. The van der Waals surface area contributed by atoms with E-state index in [1.165, 1.54) is 0 Å². The second kappa shape index (κ2) is 5.31. The lowest BCUT2D eigenvalue weighted by molar-refractivity contribution is 0.574. The Bertz CT molecular complexity index is 465. The van der Waals surface area contributed by atoms with Gasteiger partial charge in [-0.15, -0.1) is 0 Å². The topological polar surface area (TPSA) is 43.1 Å². The van der Waals surface area contributed by atoms with Crippen molar-refractivity contribution in [3.05, 3.63) is 71.8 Å². The summed E-state index contributed by atoms with van der Waals surface area (Å²) in [6, 6.07) is 19.5. The van der Waals surface area contributed by atoms with Crippen LogP contribution in [0, 0.1) is 0 Å². The van der Waals surface area contributed by atoms with Crippen LogP contribution in [0.2, 0.25) is 0 Å². The first-order valence-electron chi connectivity index (χ1n) is 5.60. The average Bonchev–Trinajstić information content (AvgIpc) is 2.30. The van der Waals surface area contributed by atoms with Crippen molar-refractivity contribution in [3.8, 4) is 0 Å². The van der Waals surface area contributed by atoms with E-state index >= 15 is 0 Å². The molecule has 0 unspecified atom stereocenters. The predicted octanol–water partition coefficient (Wildman–Crippen LogP) is 3.62. The molecule has 0 spiro atoms. The summed E-state index contributed by atoms with van der Waals surface area (Å²) in [6.45, 7) is 0. The minimum atomic E-state index is -2.64. The Hall–Kier alpha value is -1.37. The van der Waals surface area contributed by atoms with Crippen molar-refractivity contribution in [2.75, 3.05) is 0 Å². The molecule has 0 aliphatic heterocycles. The Morgan fingerprint density at radius 3 is 1.47 bits per heavy atom. The second-order valence-corrected chi connectivity index (χ2v) is 6.78. The molecule has 0 heterocycles. The smallest absolute Gasteiger partial charge is 0.153 e. The molecule has 88 valence electrons. The summed E-state index contributed by atoms with van der Waals surface area (Å²) in [4.78, 5) is 0. The summed E-state index contributed by atoms with van der Waals surface area (Å²) in [5.41, 5.74) is 8.01. The van der Waals surface area contributed by atoms with Crippen LogP contribution in [0.1, 0.15) is 11.1 Å². The van der Waals surface area contributed by atoms with Crippen molar-refractivity contribution >= 4 is 7.29 Å². The zero-order valence-electron chi connectivity index (χ0n) is 9.62. The standard InChI is InChI=1S/C14H16NOP/c15-17(16,11-13-7-3-1-4-8-13)12-14-9-5-2-6-10-14/h1-10H,11-12H2,(H2,15,16). The molecule has 17 heavy (non-hydrogen) atoms. The van der Waals surface area contributed by atoms with Crippen LogP contribution in [0.3, 0.4) is 0 Å². The molecule has 0 radical (unpaired) electrons. The molecule has 0 aromatic heterocycles. The molecule has 0 saturated heterocycles. The van der Waals surface area contributed by atoms with Crippen molar-refractivity contribution in [1.82, 2.24) is 0 Å². The lowest BCUT2D eigenvalue weighted by Gasteiger charge is -2.12. The molecule has 2 rings (SSSR count). The summed E-state index contributed by atoms with van der Waals surface area (Å²) in [5.74, 6) is 0. The van der Waals surface area contributed by atoms with E-state index in [-0.39, 0.29) is 0 Å². The largest absolute Gasteiger partial charge is 0.306 e. The first-order valence-corrected chi connectivity index (χ1v) is 7.75. The van der Waals surface area contributed by atoms with E-state index in [1.54, 1.807) is 0 Å². The highest BCUT2D eigenvalue weighted by atomic mass is 31.2. The highest BCUT2D eigenvalue weighted by Crippen LogP contribution is 2.44. The minimum Gasteiger partial charge on any atom is -0.306 e. The van der Waals surface area contributed by atoms with Gasteiger partial charge in [-0.2, -0.15) is 0 Å². The summed E-state index contributed by atoms with van der Waals surface area (Å²) < 4.78 is 12.3. The number of rotatable bonds is 4. The Morgan fingerprint density at radius 2 is 1.12 bits per heavy atom. The predicted molar refractivity (Wildman–Crippen MR) is 72.1 cm³/mol. The average molecular weight is 245 g/mol. The number of benzene rings is 2. The maximum Gasteiger partial charge on any atom is 0.153 e. The Balaban J connectivity index is 2.07. The zero-order valence-corrected chi connectivity index (χ0v) is 10.5. The summed E-state index contributed by atoms with van der Waals surface area (Å²) in [5, 5.41) is 0. The van der Waals surface area contributed by atoms with E-state index in [9.17, 15) is 4.57 Å². The molecule has 2 aromatic rings. The third kappa shape index (κ3) is 3.85. The van der Waals surface area contributed by atoms with Crippen LogP contribution in [-0.2, 0) is 16.9 Å². The quantitative estimate of drug-likeness (QED) is 0.836. The van der Waals surface area contributed by atoms with Gasteiger partial charge in [0, 0.05) is 12.3 Å². The third-order valence-electron chi connectivity index (χ3n) is 2.59. The molecule has 0 saturated carbocycles. The van der Waals surface area contributed by atoms with Gasteiger partial charge < -0.3 is 4.57 Å². The summed E-state index contributed by atoms with van der Waals surface area (Å²) in [7, 11) is -2.64. The van der Waals surface area contributed by atoms with E-state index < -0.39 is 7.29 Å². The maximum absolute atomic E-state index is 12.3. The Labute approximate surface area is 102 Å². The number of nitrogens with two attached hydrogens (primary N) is 1. The number of hydrogen-bond donors (Lipinski definition) is 1. The van der Waals surface area contributed by atoms with Gasteiger partial charge in [0.1, 0.15) is 0 Å². The highest BCUT2D eigenvalue weighted by Gasteiger charge is 2.17. The molecule has 3 heteroatoms. The van der Waals surface area contributed by atoms with Crippen molar-refractivity contribution < 1.29 is 4.57 Å². The van der Waals surface area contributed by atoms with Crippen molar-refractivity contribution in [2.24, 2.45) is 5.50 Å². The fourth-order valence-corrected chi connectivity index (χ4v) is 3.61. The molecule has 0 aliphatic carbocycles. The second-order valence-electron chi connectivity index (χ2n) is 4.24. The molecule has 2 N–H and O–H groups in total. The van der Waals surface area contributed by atoms with Crippen molar-refractivity contribution in [1.29, 1.82) is 0 Å². The molecular formula is C14H16NOP. The Kier molecular flexibility index (Phi) is 3.78. The van der Waals surface area contributed by atoms with Crippen LogP contribution in [0.25, 0.3) is 0 Å². The summed E-state index contributed by atoms with van der Waals surface area (Å²) >= 11 is 0. The lowest BCUT2D eigenvalue weighted by atomic mass is 10.2. The van der Waals surface area contributed by atoms with E-state index in [2.05, 4.69) is 0 Å². The molecular weight excluding hydrogens is 229 g/mol. The van der Waals surface area contributed by atoms with E-state index in [4.69, 9.17) is 5.50 Å². The molecule has 0 amide bonds. The van der Waals surface area contributed by atoms with Gasteiger partial charge >= 0.3 is 0 Å². The van der Waals surface area contributed by atoms with Crippen LogP contribution in [0.15, 0.2) is 60.7 Å². The monoisotopic (exact) mass is 245 g/mol. The fraction of sp³-hybridized carbons (Fsp3) is 0.143. The zero-order chi connectivity index (χ0) is 12.1. The molecule has 2 nitrogen and oxygen atoms in total. The molecule has 0 fully saturated rings. The van der Waals surface area contributed by atoms with Gasteiger partial charge in [-0.25, -0.2) is 0 Å². The van der Waals surface area contributed by atoms with Gasteiger partial charge in [0.25, 0.3) is 0 Å². The summed E-state index contributed by atoms with van der Waals surface area (Å²) in [6.07, 6.45) is 0.922. The molecule has 0 aliphatic rings. The molecule has 2 aromatic carbocycles. The molecule has 0 atom stereocenters.